The van der Waals surface area contributed by atoms with Crippen LogP contribution in [0.15, 0.2) is 0 Å². The van der Waals surface area contributed by atoms with Crippen molar-refractivity contribution in [1.82, 2.24) is 14.5 Å². The van der Waals surface area contributed by atoms with Crippen molar-refractivity contribution in [2.24, 2.45) is 5.92 Å². The van der Waals surface area contributed by atoms with Gasteiger partial charge in [-0.1, -0.05) is 0 Å². The first kappa shape index (κ1) is 19.1. The van der Waals surface area contributed by atoms with Crippen molar-refractivity contribution in [3.8, 4) is 0 Å². The van der Waals surface area contributed by atoms with Gasteiger partial charge in [0.05, 0.1) is 18.5 Å². The fourth-order valence-electron chi connectivity index (χ4n) is 3.72. The number of morpholine rings is 1. The fourth-order valence-corrected chi connectivity index (χ4v) is 4.18. The zero-order chi connectivity index (χ0) is 16.9. The molecule has 0 aromatic rings. The predicted octanol–water partition coefficient (Wildman–Crippen LogP) is 0.747. The first-order chi connectivity index (χ1) is 10.8. The smallest absolute Gasteiger partial charge is 0.208 e. The molecule has 0 bridgehead atoms. The van der Waals surface area contributed by atoms with E-state index in [-0.39, 0.29) is 0 Å². The molecule has 0 spiro atoms. The van der Waals surface area contributed by atoms with Gasteiger partial charge in [-0.15, -0.1) is 0 Å². The van der Waals surface area contributed by atoms with Gasteiger partial charge in [0.25, 0.3) is 0 Å². The van der Waals surface area contributed by atoms with Gasteiger partial charge in [-0.25, -0.2) is 13.1 Å². The molecule has 2 atom stereocenters. The standard InChI is InChI=1S/C16H33N3O3S/c1-14-12-19(13-15(2)22-14)10-6-16-4-8-18(9-5-16)11-7-17-23(3,20)21/h14-17H,4-13H2,1-3H3/t14-,15+. The third-order valence-electron chi connectivity index (χ3n) is 4.85. The van der Waals surface area contributed by atoms with E-state index < -0.39 is 10.0 Å². The van der Waals surface area contributed by atoms with Crippen LogP contribution in [-0.4, -0.2) is 82.5 Å². The van der Waals surface area contributed by atoms with Crippen LogP contribution < -0.4 is 4.72 Å². The largest absolute Gasteiger partial charge is 0.373 e. The molecule has 0 aromatic heterocycles. The lowest BCUT2D eigenvalue weighted by atomic mass is 9.93. The number of nitrogens with zero attached hydrogens (tertiary/aromatic N) is 2. The molecule has 136 valence electrons. The number of piperidine rings is 1. The minimum absolute atomic E-state index is 0.350. The Morgan fingerprint density at radius 1 is 1.04 bits per heavy atom. The average Bonchev–Trinajstić information content (AvgIpc) is 2.44. The highest BCUT2D eigenvalue weighted by Gasteiger charge is 2.24. The van der Waals surface area contributed by atoms with E-state index in [0.29, 0.717) is 18.8 Å². The van der Waals surface area contributed by atoms with E-state index in [1.165, 1.54) is 32.1 Å². The van der Waals surface area contributed by atoms with Crippen LogP contribution >= 0.6 is 0 Å². The Balaban J connectivity index is 1.59. The maximum Gasteiger partial charge on any atom is 0.208 e. The van der Waals surface area contributed by atoms with Crippen LogP contribution in [0, 0.1) is 5.92 Å². The van der Waals surface area contributed by atoms with Gasteiger partial charge in [0.15, 0.2) is 0 Å². The van der Waals surface area contributed by atoms with E-state index >= 15 is 0 Å². The molecule has 0 aliphatic carbocycles. The second-order valence-corrected chi connectivity index (χ2v) is 9.09. The summed E-state index contributed by atoms with van der Waals surface area (Å²) in [7, 11) is -3.06. The molecule has 0 amide bonds. The molecule has 2 saturated heterocycles. The topological polar surface area (TPSA) is 61.9 Å². The molecule has 0 saturated carbocycles. The number of ether oxygens (including phenoxy) is 1. The maximum atomic E-state index is 11.1. The molecule has 2 rings (SSSR count). The van der Waals surface area contributed by atoms with Crippen molar-refractivity contribution in [3.05, 3.63) is 0 Å². The third-order valence-corrected chi connectivity index (χ3v) is 5.58. The molecule has 1 N–H and O–H groups in total. The van der Waals surface area contributed by atoms with Gasteiger partial charge in [-0.05, 0) is 58.7 Å². The lowest BCUT2D eigenvalue weighted by Gasteiger charge is -2.37. The molecule has 7 heteroatoms. The summed E-state index contributed by atoms with van der Waals surface area (Å²) in [6, 6.07) is 0. The molecule has 0 radical (unpaired) electrons. The molecular formula is C16H33N3O3S. The molecular weight excluding hydrogens is 314 g/mol. The Morgan fingerprint density at radius 2 is 1.65 bits per heavy atom. The highest BCUT2D eigenvalue weighted by Crippen LogP contribution is 2.21. The van der Waals surface area contributed by atoms with Crippen molar-refractivity contribution in [3.63, 3.8) is 0 Å². The molecule has 0 aromatic carbocycles. The normalized spacial score (nSPS) is 29.0. The highest BCUT2D eigenvalue weighted by atomic mass is 32.2. The van der Waals surface area contributed by atoms with Gasteiger partial charge in [-0.2, -0.15) is 0 Å². The van der Waals surface area contributed by atoms with Crippen LogP contribution in [0.3, 0.4) is 0 Å². The Morgan fingerprint density at radius 3 is 2.22 bits per heavy atom. The summed E-state index contributed by atoms with van der Waals surface area (Å²) in [6.07, 6.45) is 5.65. The average molecular weight is 348 g/mol. The van der Waals surface area contributed by atoms with Crippen molar-refractivity contribution >= 4 is 10.0 Å². The first-order valence-corrected chi connectivity index (χ1v) is 10.8. The van der Waals surface area contributed by atoms with Gasteiger partial charge >= 0.3 is 0 Å². The second-order valence-electron chi connectivity index (χ2n) is 7.26. The molecule has 23 heavy (non-hydrogen) atoms. The molecule has 0 unspecified atom stereocenters. The minimum Gasteiger partial charge on any atom is -0.373 e. The monoisotopic (exact) mass is 347 g/mol. The zero-order valence-corrected chi connectivity index (χ0v) is 15.6. The summed E-state index contributed by atoms with van der Waals surface area (Å²) in [5.41, 5.74) is 0. The minimum atomic E-state index is -3.06. The number of likely N-dealkylation sites (tertiary alicyclic amines) is 1. The van der Waals surface area contributed by atoms with E-state index in [1.807, 2.05) is 0 Å². The summed E-state index contributed by atoms with van der Waals surface area (Å²) in [4.78, 5) is 4.91. The number of hydrogen-bond acceptors (Lipinski definition) is 5. The number of sulfonamides is 1. The van der Waals surface area contributed by atoms with Crippen LogP contribution in [-0.2, 0) is 14.8 Å². The van der Waals surface area contributed by atoms with Crippen molar-refractivity contribution in [2.75, 3.05) is 52.1 Å². The van der Waals surface area contributed by atoms with E-state index in [4.69, 9.17) is 4.74 Å². The third kappa shape index (κ3) is 7.47. The van der Waals surface area contributed by atoms with Gasteiger partial charge in [0.1, 0.15) is 0 Å². The lowest BCUT2D eigenvalue weighted by Crippen LogP contribution is -2.46. The number of rotatable bonds is 7. The summed E-state index contributed by atoms with van der Waals surface area (Å²) in [5.74, 6) is 0.808. The zero-order valence-electron chi connectivity index (χ0n) is 14.8. The Bertz CT molecular complexity index is 439. The SMILES string of the molecule is C[C@@H]1CN(CCC2CCN(CCNS(C)(=O)=O)CC2)C[C@H](C)O1. The molecule has 2 aliphatic heterocycles. The van der Waals surface area contributed by atoms with Crippen LogP contribution in [0.25, 0.3) is 0 Å². The Labute approximate surface area is 141 Å². The van der Waals surface area contributed by atoms with Crippen molar-refractivity contribution < 1.29 is 13.2 Å². The fraction of sp³-hybridized carbons (Fsp3) is 1.00. The van der Waals surface area contributed by atoms with Crippen molar-refractivity contribution in [1.29, 1.82) is 0 Å². The molecule has 6 nitrogen and oxygen atoms in total. The molecule has 2 fully saturated rings. The van der Waals surface area contributed by atoms with Crippen molar-refractivity contribution in [2.45, 2.75) is 45.3 Å². The summed E-state index contributed by atoms with van der Waals surface area (Å²) in [5, 5.41) is 0. The van der Waals surface area contributed by atoms with Gasteiger partial charge in [0, 0.05) is 26.2 Å². The summed E-state index contributed by atoms with van der Waals surface area (Å²) >= 11 is 0. The molecule has 2 aliphatic rings. The first-order valence-electron chi connectivity index (χ1n) is 8.86. The summed E-state index contributed by atoms with van der Waals surface area (Å²) < 4.78 is 30.5. The van der Waals surface area contributed by atoms with Crippen LogP contribution in [0.5, 0.6) is 0 Å². The Hall–Kier alpha value is -0.210. The quantitative estimate of drug-likeness (QED) is 0.736. The van der Waals surface area contributed by atoms with Gasteiger partial charge in [0.2, 0.25) is 10.0 Å². The predicted molar refractivity (Wildman–Crippen MR) is 93.1 cm³/mol. The van der Waals surface area contributed by atoms with Crippen LogP contribution in [0.1, 0.15) is 33.1 Å². The van der Waals surface area contributed by atoms with E-state index in [1.54, 1.807) is 0 Å². The maximum absolute atomic E-state index is 11.1. The summed E-state index contributed by atoms with van der Waals surface area (Å²) in [6.45, 7) is 11.1. The van der Waals surface area contributed by atoms with Gasteiger partial charge < -0.3 is 9.64 Å². The number of nitrogens with one attached hydrogen (secondary N) is 1. The molecule has 2 heterocycles. The van der Waals surface area contributed by atoms with Crippen LogP contribution in [0.2, 0.25) is 0 Å². The second kappa shape index (κ2) is 8.76. The van der Waals surface area contributed by atoms with E-state index in [2.05, 4.69) is 28.4 Å². The van der Waals surface area contributed by atoms with E-state index in [9.17, 15) is 8.42 Å². The number of hydrogen-bond donors (Lipinski definition) is 1. The van der Waals surface area contributed by atoms with E-state index in [0.717, 1.165) is 38.6 Å². The highest BCUT2D eigenvalue weighted by molar-refractivity contribution is 7.88. The van der Waals surface area contributed by atoms with Gasteiger partial charge in [-0.3, -0.25) is 4.90 Å². The lowest BCUT2D eigenvalue weighted by molar-refractivity contribution is -0.0693. The Kier molecular flexibility index (Phi) is 7.28. The van der Waals surface area contributed by atoms with Crippen LogP contribution in [0.4, 0.5) is 0 Å².